The monoisotopic (exact) mass is 327 g/mol. The molecule has 0 spiro atoms. The van der Waals surface area contributed by atoms with Crippen molar-refractivity contribution >= 4 is 23.2 Å². The van der Waals surface area contributed by atoms with Crippen LogP contribution in [0.15, 0.2) is 12.1 Å². The zero-order chi connectivity index (χ0) is 16.4. The first kappa shape index (κ1) is 18.6. The third kappa shape index (κ3) is 6.14. The Labute approximate surface area is 138 Å². The van der Waals surface area contributed by atoms with Gasteiger partial charge in [-0.25, -0.2) is 0 Å². The number of ether oxygens (including phenoxy) is 2. The van der Waals surface area contributed by atoms with Crippen molar-refractivity contribution in [1.29, 1.82) is 0 Å². The van der Waals surface area contributed by atoms with E-state index in [1.54, 1.807) is 19.2 Å². The smallest absolute Gasteiger partial charge is 0.224 e. The van der Waals surface area contributed by atoms with E-state index in [0.717, 1.165) is 12.8 Å². The molecule has 0 aliphatic heterocycles. The molecular formula is C17H26ClNO3. The summed E-state index contributed by atoms with van der Waals surface area (Å²) in [5.41, 5.74) is 0.573. The number of methoxy groups -OCH3 is 2. The molecule has 4 nitrogen and oxygen atoms in total. The number of carbonyl (C=O) groups is 1. The predicted molar refractivity (Wildman–Crippen MR) is 91.2 cm³/mol. The summed E-state index contributed by atoms with van der Waals surface area (Å²) in [6.45, 7) is 2.20. The fourth-order valence-corrected chi connectivity index (χ4v) is 2.48. The molecule has 0 bridgehead atoms. The molecule has 0 heterocycles. The molecule has 0 saturated carbocycles. The minimum atomic E-state index is -0.0185. The van der Waals surface area contributed by atoms with Crippen molar-refractivity contribution < 1.29 is 14.3 Å². The number of benzene rings is 1. The number of anilines is 1. The van der Waals surface area contributed by atoms with E-state index < -0.39 is 0 Å². The molecule has 0 aromatic heterocycles. The van der Waals surface area contributed by atoms with E-state index in [0.29, 0.717) is 28.6 Å². The van der Waals surface area contributed by atoms with Crippen LogP contribution < -0.4 is 14.8 Å². The highest BCUT2D eigenvalue weighted by Gasteiger charge is 2.12. The van der Waals surface area contributed by atoms with Gasteiger partial charge in [-0.1, -0.05) is 50.6 Å². The lowest BCUT2D eigenvalue weighted by Crippen LogP contribution is -2.12. The van der Waals surface area contributed by atoms with Gasteiger partial charge in [0.05, 0.1) is 24.9 Å². The minimum absolute atomic E-state index is 0.0185. The Bertz CT molecular complexity index is 477. The standard InChI is InChI=1S/C17H26ClNO3/c1-4-5-6-7-8-9-10-17(20)19-14-11-13(18)15(21-2)12-16(14)22-3/h11-12H,4-10H2,1-3H3,(H,19,20). The lowest BCUT2D eigenvalue weighted by molar-refractivity contribution is -0.116. The van der Waals surface area contributed by atoms with Gasteiger partial charge in [0.2, 0.25) is 5.91 Å². The minimum Gasteiger partial charge on any atom is -0.495 e. The van der Waals surface area contributed by atoms with Crippen LogP contribution in [-0.4, -0.2) is 20.1 Å². The maximum atomic E-state index is 12.0. The van der Waals surface area contributed by atoms with Crippen LogP contribution in [0.1, 0.15) is 51.9 Å². The molecule has 0 unspecified atom stereocenters. The summed E-state index contributed by atoms with van der Waals surface area (Å²) in [5, 5.41) is 3.29. The van der Waals surface area contributed by atoms with Crippen molar-refractivity contribution in [3.8, 4) is 11.5 Å². The molecule has 0 aliphatic carbocycles. The number of halogens is 1. The van der Waals surface area contributed by atoms with Crippen LogP contribution in [0.5, 0.6) is 11.5 Å². The first-order valence-corrected chi connectivity index (χ1v) is 8.21. The molecule has 22 heavy (non-hydrogen) atoms. The van der Waals surface area contributed by atoms with Gasteiger partial charge >= 0.3 is 0 Å². The molecule has 1 N–H and O–H groups in total. The largest absolute Gasteiger partial charge is 0.495 e. The van der Waals surface area contributed by atoms with Crippen LogP contribution in [0.2, 0.25) is 5.02 Å². The van der Waals surface area contributed by atoms with E-state index in [2.05, 4.69) is 12.2 Å². The number of unbranched alkanes of at least 4 members (excludes halogenated alkanes) is 5. The van der Waals surface area contributed by atoms with Crippen LogP contribution in [0, 0.1) is 0 Å². The number of hydrogen-bond acceptors (Lipinski definition) is 3. The van der Waals surface area contributed by atoms with Crippen molar-refractivity contribution in [2.45, 2.75) is 51.9 Å². The Morgan fingerprint density at radius 3 is 2.32 bits per heavy atom. The van der Waals surface area contributed by atoms with Crippen LogP contribution in [-0.2, 0) is 4.79 Å². The molecule has 0 saturated heterocycles. The van der Waals surface area contributed by atoms with Gasteiger partial charge in [0.1, 0.15) is 11.5 Å². The van der Waals surface area contributed by atoms with E-state index in [4.69, 9.17) is 21.1 Å². The van der Waals surface area contributed by atoms with Gasteiger partial charge < -0.3 is 14.8 Å². The maximum Gasteiger partial charge on any atom is 0.224 e. The van der Waals surface area contributed by atoms with Crippen molar-refractivity contribution in [1.82, 2.24) is 0 Å². The Kier molecular flexibility index (Phi) is 8.75. The quantitative estimate of drug-likeness (QED) is 0.612. The van der Waals surface area contributed by atoms with E-state index in [1.807, 2.05) is 0 Å². The summed E-state index contributed by atoms with van der Waals surface area (Å²) in [6, 6.07) is 3.32. The average Bonchev–Trinajstić information content (AvgIpc) is 2.51. The van der Waals surface area contributed by atoms with Crippen LogP contribution in [0.4, 0.5) is 5.69 Å². The number of amides is 1. The maximum absolute atomic E-state index is 12.0. The highest BCUT2D eigenvalue weighted by molar-refractivity contribution is 6.32. The summed E-state index contributed by atoms with van der Waals surface area (Å²) in [7, 11) is 3.09. The summed E-state index contributed by atoms with van der Waals surface area (Å²) in [4.78, 5) is 12.0. The van der Waals surface area contributed by atoms with E-state index in [-0.39, 0.29) is 5.91 Å². The lowest BCUT2D eigenvalue weighted by atomic mass is 10.1. The molecule has 0 radical (unpaired) electrons. The van der Waals surface area contributed by atoms with Gasteiger partial charge in [0.25, 0.3) is 0 Å². The van der Waals surface area contributed by atoms with Crippen LogP contribution in [0.3, 0.4) is 0 Å². The second-order valence-electron chi connectivity index (χ2n) is 5.25. The molecule has 0 fully saturated rings. The Morgan fingerprint density at radius 1 is 1.05 bits per heavy atom. The molecular weight excluding hydrogens is 302 g/mol. The average molecular weight is 328 g/mol. The normalized spacial score (nSPS) is 10.4. The van der Waals surface area contributed by atoms with Crippen molar-refractivity contribution in [3.05, 3.63) is 17.2 Å². The van der Waals surface area contributed by atoms with Crippen molar-refractivity contribution in [2.24, 2.45) is 0 Å². The zero-order valence-electron chi connectivity index (χ0n) is 13.7. The highest BCUT2D eigenvalue weighted by atomic mass is 35.5. The summed E-state index contributed by atoms with van der Waals surface area (Å²) < 4.78 is 10.4. The SMILES string of the molecule is CCCCCCCCC(=O)Nc1cc(Cl)c(OC)cc1OC. The molecule has 0 atom stereocenters. The van der Waals surface area contributed by atoms with E-state index in [9.17, 15) is 4.79 Å². The van der Waals surface area contributed by atoms with Gasteiger partial charge in [-0.15, -0.1) is 0 Å². The number of hydrogen-bond donors (Lipinski definition) is 1. The van der Waals surface area contributed by atoms with Crippen molar-refractivity contribution in [3.63, 3.8) is 0 Å². The van der Waals surface area contributed by atoms with E-state index in [1.165, 1.54) is 32.8 Å². The molecule has 1 amide bonds. The second-order valence-corrected chi connectivity index (χ2v) is 5.66. The Balaban J connectivity index is 2.48. The van der Waals surface area contributed by atoms with Crippen LogP contribution >= 0.6 is 11.6 Å². The number of nitrogens with one attached hydrogen (secondary N) is 1. The molecule has 124 valence electrons. The van der Waals surface area contributed by atoms with Gasteiger partial charge in [-0.2, -0.15) is 0 Å². The molecule has 1 aromatic carbocycles. The van der Waals surface area contributed by atoms with Gasteiger partial charge in [0.15, 0.2) is 0 Å². The Hall–Kier alpha value is -1.42. The number of rotatable bonds is 10. The fourth-order valence-electron chi connectivity index (χ4n) is 2.24. The first-order chi connectivity index (χ1) is 10.6. The van der Waals surface area contributed by atoms with E-state index >= 15 is 0 Å². The molecule has 5 heteroatoms. The van der Waals surface area contributed by atoms with Crippen LogP contribution in [0.25, 0.3) is 0 Å². The van der Waals surface area contributed by atoms with Gasteiger partial charge in [-0.3, -0.25) is 4.79 Å². The molecule has 0 aliphatic rings. The molecule has 1 aromatic rings. The summed E-state index contributed by atoms with van der Waals surface area (Å²) >= 11 is 6.09. The lowest BCUT2D eigenvalue weighted by Gasteiger charge is -2.13. The highest BCUT2D eigenvalue weighted by Crippen LogP contribution is 2.35. The Morgan fingerprint density at radius 2 is 1.68 bits per heavy atom. The third-order valence-corrected chi connectivity index (χ3v) is 3.80. The zero-order valence-corrected chi connectivity index (χ0v) is 14.5. The topological polar surface area (TPSA) is 47.6 Å². The first-order valence-electron chi connectivity index (χ1n) is 7.83. The predicted octanol–water partition coefficient (Wildman–Crippen LogP) is 5.05. The van der Waals surface area contributed by atoms with Gasteiger partial charge in [0, 0.05) is 12.5 Å². The third-order valence-electron chi connectivity index (χ3n) is 3.51. The summed E-state index contributed by atoms with van der Waals surface area (Å²) in [6.07, 6.45) is 7.46. The number of carbonyl (C=O) groups excluding carboxylic acids is 1. The molecule has 1 rings (SSSR count). The van der Waals surface area contributed by atoms with Gasteiger partial charge in [-0.05, 0) is 12.5 Å². The summed E-state index contributed by atoms with van der Waals surface area (Å²) in [5.74, 6) is 1.04. The fraction of sp³-hybridized carbons (Fsp3) is 0.588. The second kappa shape index (κ2) is 10.3. The van der Waals surface area contributed by atoms with Crippen molar-refractivity contribution in [2.75, 3.05) is 19.5 Å².